The minimum Gasteiger partial charge on any atom is -0.360 e. The van der Waals surface area contributed by atoms with E-state index in [9.17, 15) is 9.59 Å². The van der Waals surface area contributed by atoms with E-state index >= 15 is 0 Å². The smallest absolute Gasteiger partial charge is 0.257 e. The van der Waals surface area contributed by atoms with Crippen molar-refractivity contribution < 1.29 is 9.59 Å². The second-order valence-electron chi connectivity index (χ2n) is 5.81. The van der Waals surface area contributed by atoms with Gasteiger partial charge in [0.1, 0.15) is 0 Å². The molecule has 0 atom stereocenters. The van der Waals surface area contributed by atoms with E-state index in [1.807, 2.05) is 48.5 Å². The lowest BCUT2D eigenvalue weighted by molar-refractivity contribution is -0.118. The number of hydrazine groups is 1. The SMILES string of the molecule is CC(=O)NCCNNc1ccc(NC(=O)c2c[nH]c3ccccc23)cc1. The maximum Gasteiger partial charge on any atom is 0.257 e. The lowest BCUT2D eigenvalue weighted by Crippen LogP contribution is -2.33. The molecule has 1 aromatic heterocycles. The number of H-pyrrole nitrogens is 1. The van der Waals surface area contributed by atoms with Crippen molar-refractivity contribution in [3.63, 3.8) is 0 Å². The second-order valence-corrected chi connectivity index (χ2v) is 5.81. The van der Waals surface area contributed by atoms with Gasteiger partial charge in [-0.15, -0.1) is 0 Å². The Hall–Kier alpha value is -3.32. The van der Waals surface area contributed by atoms with Crippen LogP contribution in [-0.2, 0) is 4.79 Å². The number of benzene rings is 2. The number of nitrogens with one attached hydrogen (secondary N) is 5. The van der Waals surface area contributed by atoms with Gasteiger partial charge in [0.05, 0.1) is 5.56 Å². The summed E-state index contributed by atoms with van der Waals surface area (Å²) in [6.45, 7) is 2.62. The summed E-state index contributed by atoms with van der Waals surface area (Å²) in [5.41, 5.74) is 9.15. The van der Waals surface area contributed by atoms with Gasteiger partial charge in [0.2, 0.25) is 5.91 Å². The highest BCUT2D eigenvalue weighted by Gasteiger charge is 2.11. The summed E-state index contributed by atoms with van der Waals surface area (Å²) in [4.78, 5) is 26.3. The van der Waals surface area contributed by atoms with Crippen LogP contribution in [0.15, 0.2) is 54.7 Å². The van der Waals surface area contributed by atoms with Crippen molar-refractivity contribution in [2.24, 2.45) is 0 Å². The molecule has 0 spiro atoms. The fourth-order valence-corrected chi connectivity index (χ4v) is 2.56. The summed E-state index contributed by atoms with van der Waals surface area (Å²) in [7, 11) is 0. The van der Waals surface area contributed by atoms with Crippen molar-refractivity contribution in [1.82, 2.24) is 15.7 Å². The largest absolute Gasteiger partial charge is 0.360 e. The number of fused-ring (bicyclic) bond motifs is 1. The third-order valence-electron chi connectivity index (χ3n) is 3.83. The van der Waals surface area contributed by atoms with Crippen molar-refractivity contribution in [3.8, 4) is 0 Å². The molecule has 0 aliphatic rings. The molecule has 0 aliphatic carbocycles. The molecule has 1 heterocycles. The Kier molecular flexibility index (Phi) is 5.50. The molecule has 3 aromatic rings. The molecule has 0 bridgehead atoms. The van der Waals surface area contributed by atoms with Gasteiger partial charge in [-0.25, -0.2) is 5.43 Å². The average Bonchev–Trinajstić information content (AvgIpc) is 3.07. The summed E-state index contributed by atoms with van der Waals surface area (Å²) < 4.78 is 0. The number of carbonyl (C=O) groups is 2. The molecule has 0 saturated carbocycles. The fraction of sp³-hybridized carbons (Fsp3) is 0.158. The first-order valence-corrected chi connectivity index (χ1v) is 8.34. The molecule has 0 radical (unpaired) electrons. The average molecular weight is 351 g/mol. The minimum atomic E-state index is -0.156. The molecule has 7 nitrogen and oxygen atoms in total. The zero-order chi connectivity index (χ0) is 18.4. The van der Waals surface area contributed by atoms with Crippen LogP contribution in [0.4, 0.5) is 11.4 Å². The number of hydrogen-bond acceptors (Lipinski definition) is 4. The first-order chi connectivity index (χ1) is 12.6. The topological polar surface area (TPSA) is 98.0 Å². The van der Waals surface area contributed by atoms with E-state index in [-0.39, 0.29) is 11.8 Å². The Bertz CT molecular complexity index is 902. The van der Waals surface area contributed by atoms with E-state index in [0.717, 1.165) is 16.6 Å². The van der Waals surface area contributed by atoms with Crippen molar-refractivity contribution in [2.45, 2.75) is 6.92 Å². The number of amides is 2. The molecule has 2 aromatic carbocycles. The van der Waals surface area contributed by atoms with Crippen LogP contribution < -0.4 is 21.5 Å². The van der Waals surface area contributed by atoms with Crippen LogP contribution in [0, 0.1) is 0 Å². The van der Waals surface area contributed by atoms with E-state index in [1.54, 1.807) is 6.20 Å². The van der Waals surface area contributed by atoms with Gasteiger partial charge >= 0.3 is 0 Å². The Morgan fingerprint density at radius 2 is 1.69 bits per heavy atom. The monoisotopic (exact) mass is 351 g/mol. The zero-order valence-electron chi connectivity index (χ0n) is 14.4. The molecule has 134 valence electrons. The Morgan fingerprint density at radius 3 is 2.46 bits per heavy atom. The van der Waals surface area contributed by atoms with Gasteiger partial charge in [-0.2, -0.15) is 0 Å². The molecule has 7 heteroatoms. The third-order valence-corrected chi connectivity index (χ3v) is 3.83. The van der Waals surface area contributed by atoms with Crippen LogP contribution in [0.5, 0.6) is 0 Å². The Balaban J connectivity index is 1.54. The lowest BCUT2D eigenvalue weighted by Gasteiger charge is -2.10. The van der Waals surface area contributed by atoms with Gasteiger partial charge < -0.3 is 21.0 Å². The molecule has 0 unspecified atom stereocenters. The predicted molar refractivity (Wildman–Crippen MR) is 103 cm³/mol. The van der Waals surface area contributed by atoms with Crippen LogP contribution in [0.1, 0.15) is 17.3 Å². The molecular formula is C19H21N5O2. The van der Waals surface area contributed by atoms with Gasteiger partial charge in [-0.1, -0.05) is 18.2 Å². The van der Waals surface area contributed by atoms with E-state index in [1.165, 1.54) is 6.92 Å². The van der Waals surface area contributed by atoms with E-state index in [4.69, 9.17) is 0 Å². The third kappa shape index (κ3) is 4.40. The van der Waals surface area contributed by atoms with Crippen molar-refractivity contribution in [3.05, 3.63) is 60.3 Å². The molecule has 0 saturated heterocycles. The van der Waals surface area contributed by atoms with Crippen molar-refractivity contribution in [2.75, 3.05) is 23.8 Å². The van der Waals surface area contributed by atoms with E-state index in [0.29, 0.717) is 24.3 Å². The van der Waals surface area contributed by atoms with Gasteiger partial charge in [-0.3, -0.25) is 9.59 Å². The van der Waals surface area contributed by atoms with Crippen molar-refractivity contribution in [1.29, 1.82) is 0 Å². The summed E-state index contributed by atoms with van der Waals surface area (Å²) in [5, 5.41) is 6.49. The molecular weight excluding hydrogens is 330 g/mol. The highest BCUT2D eigenvalue weighted by molar-refractivity contribution is 6.12. The standard InChI is InChI=1S/C19H21N5O2/c1-13(25)20-10-11-22-24-15-8-6-14(7-9-15)23-19(26)17-12-21-18-5-3-2-4-16(17)18/h2-9,12,21-22,24H,10-11H2,1H3,(H,20,25)(H,23,26). The molecule has 0 fully saturated rings. The van der Waals surface area contributed by atoms with Gasteiger partial charge in [0.15, 0.2) is 0 Å². The Labute approximate surface area is 151 Å². The quantitative estimate of drug-likeness (QED) is 0.334. The number of rotatable bonds is 7. The lowest BCUT2D eigenvalue weighted by atomic mass is 10.1. The molecule has 26 heavy (non-hydrogen) atoms. The summed E-state index contributed by atoms with van der Waals surface area (Å²) >= 11 is 0. The normalized spacial score (nSPS) is 10.5. The predicted octanol–water partition coefficient (Wildman–Crippen LogP) is 2.47. The van der Waals surface area contributed by atoms with Crippen LogP contribution in [0.3, 0.4) is 0 Å². The maximum absolute atomic E-state index is 12.5. The van der Waals surface area contributed by atoms with E-state index < -0.39 is 0 Å². The number of carbonyl (C=O) groups excluding carboxylic acids is 2. The van der Waals surface area contributed by atoms with E-state index in [2.05, 4.69) is 26.5 Å². The van der Waals surface area contributed by atoms with Gasteiger partial charge in [-0.05, 0) is 30.3 Å². The summed E-state index contributed by atoms with van der Waals surface area (Å²) in [6, 6.07) is 15.1. The highest BCUT2D eigenvalue weighted by atomic mass is 16.2. The van der Waals surface area contributed by atoms with Gasteiger partial charge in [0.25, 0.3) is 5.91 Å². The fourth-order valence-electron chi connectivity index (χ4n) is 2.56. The first kappa shape index (κ1) is 17.5. The van der Waals surface area contributed by atoms with Crippen molar-refractivity contribution >= 4 is 34.1 Å². The molecule has 2 amide bonds. The first-order valence-electron chi connectivity index (χ1n) is 8.34. The minimum absolute atomic E-state index is 0.0536. The molecule has 5 N–H and O–H groups in total. The number of aromatic nitrogens is 1. The summed E-state index contributed by atoms with van der Waals surface area (Å²) in [5.74, 6) is -0.210. The van der Waals surface area contributed by atoms with Gasteiger partial charge in [0, 0.05) is 48.5 Å². The summed E-state index contributed by atoms with van der Waals surface area (Å²) in [6.07, 6.45) is 1.72. The van der Waals surface area contributed by atoms with Crippen LogP contribution in [0.2, 0.25) is 0 Å². The number of anilines is 2. The number of aromatic amines is 1. The van der Waals surface area contributed by atoms with Crippen LogP contribution in [0.25, 0.3) is 10.9 Å². The highest BCUT2D eigenvalue weighted by Crippen LogP contribution is 2.20. The number of hydrogen-bond donors (Lipinski definition) is 5. The van der Waals surface area contributed by atoms with Crippen LogP contribution >= 0.6 is 0 Å². The molecule has 0 aliphatic heterocycles. The number of para-hydroxylation sites is 1. The molecule has 3 rings (SSSR count). The second kappa shape index (κ2) is 8.17. The van der Waals surface area contributed by atoms with Crippen LogP contribution in [-0.4, -0.2) is 29.9 Å². The zero-order valence-corrected chi connectivity index (χ0v) is 14.4. The maximum atomic E-state index is 12.5. The Morgan fingerprint density at radius 1 is 0.962 bits per heavy atom.